The van der Waals surface area contributed by atoms with Crippen LogP contribution in [0.2, 0.25) is 0 Å². The fourth-order valence-corrected chi connectivity index (χ4v) is 1.82. The fraction of sp³-hybridized carbons (Fsp3) is 0.200. The summed E-state index contributed by atoms with van der Waals surface area (Å²) in [6.45, 7) is 2.61. The summed E-state index contributed by atoms with van der Waals surface area (Å²) in [7, 11) is 0. The molecule has 0 saturated heterocycles. The minimum atomic E-state index is -0.00780. The number of phenolic OH excluding ortho intramolecular Hbond substituents is 2. The zero-order valence-electron chi connectivity index (χ0n) is 8.64. The van der Waals surface area contributed by atoms with Crippen LogP contribution >= 0.6 is 12.2 Å². The van der Waals surface area contributed by atoms with Crippen LogP contribution in [0, 0.1) is 4.77 Å². The number of phenols is 2. The highest BCUT2D eigenvalue weighted by atomic mass is 32.1. The summed E-state index contributed by atoms with van der Waals surface area (Å²) in [4.78, 5) is 0. The molecule has 0 bridgehead atoms. The van der Waals surface area contributed by atoms with Crippen LogP contribution in [0.15, 0.2) is 18.2 Å². The lowest BCUT2D eigenvalue weighted by atomic mass is 10.2. The second-order valence-electron chi connectivity index (χ2n) is 3.33. The highest BCUT2D eigenvalue weighted by molar-refractivity contribution is 7.71. The summed E-state index contributed by atoms with van der Waals surface area (Å²) >= 11 is 5.06. The van der Waals surface area contributed by atoms with Gasteiger partial charge in [0.05, 0.1) is 0 Å². The lowest BCUT2D eigenvalue weighted by molar-refractivity contribution is 0.451. The number of nitrogens with one attached hydrogen (secondary N) is 1. The molecule has 0 spiro atoms. The molecule has 3 N–H and O–H groups in total. The van der Waals surface area contributed by atoms with E-state index in [1.165, 1.54) is 18.2 Å². The van der Waals surface area contributed by atoms with Crippen molar-refractivity contribution in [3.8, 4) is 22.9 Å². The van der Waals surface area contributed by atoms with Crippen LogP contribution in [-0.4, -0.2) is 25.0 Å². The molecule has 0 saturated carbocycles. The monoisotopic (exact) mass is 237 g/mol. The van der Waals surface area contributed by atoms with Gasteiger partial charge in [-0.2, -0.15) is 5.10 Å². The van der Waals surface area contributed by atoms with Crippen LogP contribution in [0.25, 0.3) is 11.4 Å². The third-order valence-corrected chi connectivity index (χ3v) is 2.55. The number of hydrogen-bond donors (Lipinski definition) is 3. The average molecular weight is 237 g/mol. The van der Waals surface area contributed by atoms with Crippen molar-refractivity contribution in [2.45, 2.75) is 13.5 Å². The Kier molecular flexibility index (Phi) is 2.66. The summed E-state index contributed by atoms with van der Waals surface area (Å²) in [6, 6.07) is 4.31. The van der Waals surface area contributed by atoms with Gasteiger partial charge in [0.15, 0.2) is 10.6 Å². The van der Waals surface area contributed by atoms with Crippen molar-refractivity contribution in [3.05, 3.63) is 23.0 Å². The molecule has 6 heteroatoms. The van der Waals surface area contributed by atoms with E-state index < -0.39 is 0 Å². The predicted octanol–water partition coefficient (Wildman–Crippen LogP) is 2.04. The molecule has 0 amide bonds. The van der Waals surface area contributed by atoms with Gasteiger partial charge in [0.2, 0.25) is 0 Å². The summed E-state index contributed by atoms with van der Waals surface area (Å²) < 4.78 is 2.30. The molecule has 0 fully saturated rings. The van der Waals surface area contributed by atoms with Gasteiger partial charge in [-0.15, -0.1) is 0 Å². The van der Waals surface area contributed by atoms with Gasteiger partial charge in [-0.3, -0.25) is 5.10 Å². The van der Waals surface area contributed by atoms with Gasteiger partial charge in [0, 0.05) is 18.2 Å². The highest BCUT2D eigenvalue weighted by Crippen LogP contribution is 2.27. The number of benzene rings is 1. The largest absolute Gasteiger partial charge is 0.508 e. The molecule has 5 nitrogen and oxygen atoms in total. The molecule has 2 aromatic rings. The summed E-state index contributed by atoms with van der Waals surface area (Å²) in [5.41, 5.74) is 0.617. The smallest absolute Gasteiger partial charge is 0.195 e. The topological polar surface area (TPSA) is 74.1 Å². The minimum Gasteiger partial charge on any atom is -0.508 e. The standard InChI is InChI=1S/C10H11N3O2S/c1-2-13-9(11-12-10(13)16)6-3-7(14)5-8(15)4-6/h3-5,14-15H,2H2,1H3,(H,12,16). The van der Waals surface area contributed by atoms with E-state index in [-0.39, 0.29) is 11.5 Å². The van der Waals surface area contributed by atoms with Crippen LogP contribution in [0.4, 0.5) is 0 Å². The van der Waals surface area contributed by atoms with E-state index in [1.54, 1.807) is 4.57 Å². The number of aromatic amines is 1. The lowest BCUT2D eigenvalue weighted by Crippen LogP contribution is -1.97. The fourth-order valence-electron chi connectivity index (χ4n) is 1.56. The number of aromatic hydroxyl groups is 2. The highest BCUT2D eigenvalue weighted by Gasteiger charge is 2.09. The summed E-state index contributed by atoms with van der Waals surface area (Å²) in [5.74, 6) is 0.580. The second kappa shape index (κ2) is 3.97. The Hall–Kier alpha value is -1.82. The Morgan fingerprint density at radius 1 is 1.31 bits per heavy atom. The van der Waals surface area contributed by atoms with Gasteiger partial charge in [0.25, 0.3) is 0 Å². The Morgan fingerprint density at radius 3 is 2.50 bits per heavy atom. The average Bonchev–Trinajstić information content (AvgIpc) is 2.58. The van der Waals surface area contributed by atoms with Crippen molar-refractivity contribution in [1.29, 1.82) is 0 Å². The van der Waals surface area contributed by atoms with Crippen molar-refractivity contribution in [2.24, 2.45) is 0 Å². The molecular formula is C10H11N3O2S. The molecular weight excluding hydrogens is 226 g/mol. The van der Waals surface area contributed by atoms with Crippen LogP contribution in [0.5, 0.6) is 11.5 Å². The van der Waals surface area contributed by atoms with Gasteiger partial charge in [-0.05, 0) is 31.3 Å². The number of H-pyrrole nitrogens is 1. The van der Waals surface area contributed by atoms with Crippen molar-refractivity contribution in [2.75, 3.05) is 0 Å². The number of rotatable bonds is 2. The van der Waals surface area contributed by atoms with E-state index >= 15 is 0 Å². The number of hydrogen-bond acceptors (Lipinski definition) is 4. The van der Waals surface area contributed by atoms with Gasteiger partial charge in [-0.25, -0.2) is 0 Å². The maximum absolute atomic E-state index is 9.39. The molecule has 2 rings (SSSR count). The molecule has 16 heavy (non-hydrogen) atoms. The minimum absolute atomic E-state index is 0.00780. The first-order chi connectivity index (χ1) is 7.61. The molecule has 1 heterocycles. The van der Waals surface area contributed by atoms with E-state index in [2.05, 4.69) is 10.2 Å². The van der Waals surface area contributed by atoms with Gasteiger partial charge >= 0.3 is 0 Å². The normalized spacial score (nSPS) is 10.6. The van der Waals surface area contributed by atoms with Gasteiger partial charge < -0.3 is 14.8 Å². The van der Waals surface area contributed by atoms with E-state index in [1.807, 2.05) is 6.92 Å². The Bertz CT molecular complexity index is 553. The molecule has 0 unspecified atom stereocenters. The third kappa shape index (κ3) is 1.79. The van der Waals surface area contributed by atoms with Crippen molar-refractivity contribution < 1.29 is 10.2 Å². The maximum Gasteiger partial charge on any atom is 0.195 e. The number of aromatic nitrogens is 3. The van der Waals surface area contributed by atoms with Crippen molar-refractivity contribution >= 4 is 12.2 Å². The SMILES string of the molecule is CCn1c(-c2cc(O)cc(O)c2)n[nH]c1=S. The molecule has 0 atom stereocenters. The maximum atomic E-state index is 9.39. The first-order valence-electron chi connectivity index (χ1n) is 4.80. The van der Waals surface area contributed by atoms with Crippen LogP contribution in [-0.2, 0) is 6.54 Å². The van der Waals surface area contributed by atoms with Gasteiger partial charge in [0.1, 0.15) is 11.5 Å². The van der Waals surface area contributed by atoms with E-state index in [0.717, 1.165) is 0 Å². The van der Waals surface area contributed by atoms with Crippen LogP contribution in [0.1, 0.15) is 6.92 Å². The van der Waals surface area contributed by atoms with E-state index in [4.69, 9.17) is 12.2 Å². The quantitative estimate of drug-likeness (QED) is 0.699. The molecule has 0 radical (unpaired) electrons. The molecule has 0 aliphatic carbocycles. The first kappa shape index (κ1) is 10.7. The first-order valence-corrected chi connectivity index (χ1v) is 5.21. The van der Waals surface area contributed by atoms with Gasteiger partial charge in [-0.1, -0.05) is 0 Å². The molecule has 1 aromatic heterocycles. The summed E-state index contributed by atoms with van der Waals surface area (Å²) in [6.07, 6.45) is 0. The van der Waals surface area contributed by atoms with Crippen molar-refractivity contribution in [3.63, 3.8) is 0 Å². The van der Waals surface area contributed by atoms with Crippen LogP contribution < -0.4 is 0 Å². The third-order valence-electron chi connectivity index (χ3n) is 2.24. The van der Waals surface area contributed by atoms with Crippen LogP contribution in [0.3, 0.4) is 0 Å². The number of nitrogens with zero attached hydrogens (tertiary/aromatic N) is 2. The zero-order valence-corrected chi connectivity index (χ0v) is 9.45. The van der Waals surface area contributed by atoms with E-state index in [0.29, 0.717) is 22.7 Å². The zero-order chi connectivity index (χ0) is 11.7. The predicted molar refractivity (Wildman–Crippen MR) is 61.9 cm³/mol. The molecule has 0 aliphatic heterocycles. The Balaban J connectivity index is 2.62. The lowest BCUT2D eigenvalue weighted by Gasteiger charge is -2.04. The Morgan fingerprint density at radius 2 is 1.94 bits per heavy atom. The molecule has 84 valence electrons. The molecule has 1 aromatic carbocycles. The van der Waals surface area contributed by atoms with E-state index in [9.17, 15) is 10.2 Å². The van der Waals surface area contributed by atoms with Crippen molar-refractivity contribution in [1.82, 2.24) is 14.8 Å². The molecule has 0 aliphatic rings. The summed E-state index contributed by atoms with van der Waals surface area (Å²) in [5, 5.41) is 25.5. The second-order valence-corrected chi connectivity index (χ2v) is 3.72. The Labute approximate surface area is 97.0 Å².